The zero-order valence-electron chi connectivity index (χ0n) is 15.2. The van der Waals surface area contributed by atoms with Crippen molar-refractivity contribution in [2.24, 2.45) is 0 Å². The number of carbonyl (C=O) groups excluding carboxylic acids is 2. The minimum Gasteiger partial charge on any atom is -0.351 e. The van der Waals surface area contributed by atoms with Crippen LogP contribution in [0.5, 0.6) is 0 Å². The van der Waals surface area contributed by atoms with Crippen molar-refractivity contribution >= 4 is 29.3 Å². The van der Waals surface area contributed by atoms with Crippen LogP contribution in [0.2, 0.25) is 0 Å². The van der Waals surface area contributed by atoms with Gasteiger partial charge in [-0.15, -0.1) is 0 Å². The van der Waals surface area contributed by atoms with Crippen LogP contribution in [0.15, 0.2) is 65.2 Å². The molecule has 1 unspecified atom stereocenters. The monoisotopic (exact) mass is 395 g/mol. The molecule has 0 aromatic heterocycles. The molecule has 1 aliphatic heterocycles. The summed E-state index contributed by atoms with van der Waals surface area (Å²) in [5.74, 6) is -1.22. The summed E-state index contributed by atoms with van der Waals surface area (Å²) in [6, 6.07) is 17.0. The van der Waals surface area contributed by atoms with Gasteiger partial charge in [0, 0.05) is 12.2 Å². The summed E-state index contributed by atoms with van der Waals surface area (Å²) in [5.41, 5.74) is 1.36. The Kier molecular flexibility index (Phi) is 6.12. The maximum atomic E-state index is 13.2. The first kappa shape index (κ1) is 19.6. The van der Waals surface area contributed by atoms with Crippen molar-refractivity contribution < 1.29 is 14.0 Å². The Morgan fingerprint density at radius 3 is 2.54 bits per heavy atom. The second-order valence-electron chi connectivity index (χ2n) is 6.19. The first-order valence-electron chi connectivity index (χ1n) is 8.74. The number of amides is 2. The van der Waals surface area contributed by atoms with Crippen molar-refractivity contribution in [3.63, 3.8) is 0 Å². The molecule has 1 saturated heterocycles. The van der Waals surface area contributed by atoms with Crippen molar-refractivity contribution in [2.45, 2.75) is 18.6 Å². The highest BCUT2D eigenvalue weighted by Crippen LogP contribution is 2.40. The van der Waals surface area contributed by atoms with Gasteiger partial charge in [-0.1, -0.05) is 42.1 Å². The van der Waals surface area contributed by atoms with E-state index in [1.807, 2.05) is 36.4 Å². The molecule has 0 saturated carbocycles. The fraction of sp³-hybridized carbons (Fsp3) is 0.190. The largest absolute Gasteiger partial charge is 0.351 e. The van der Waals surface area contributed by atoms with E-state index >= 15 is 0 Å². The first-order chi connectivity index (χ1) is 13.5. The number of nitrogens with one attached hydrogen (secondary N) is 1. The van der Waals surface area contributed by atoms with Crippen LogP contribution in [-0.2, 0) is 16.0 Å². The topological polar surface area (TPSA) is 73.2 Å². The molecule has 2 aromatic carbocycles. The Morgan fingerprint density at radius 2 is 1.89 bits per heavy atom. The van der Waals surface area contributed by atoms with Crippen LogP contribution >= 0.6 is 11.8 Å². The first-order valence-corrected chi connectivity index (χ1v) is 9.62. The summed E-state index contributed by atoms with van der Waals surface area (Å²) in [6.07, 6.45) is 0.630. The molecule has 1 fully saturated rings. The van der Waals surface area contributed by atoms with Crippen LogP contribution in [0.1, 0.15) is 12.5 Å². The van der Waals surface area contributed by atoms with Gasteiger partial charge in [0.15, 0.2) is 0 Å². The Bertz CT molecular complexity index is 952. The highest BCUT2D eigenvalue weighted by molar-refractivity contribution is 8.05. The van der Waals surface area contributed by atoms with Crippen LogP contribution in [-0.4, -0.2) is 23.6 Å². The van der Waals surface area contributed by atoms with Gasteiger partial charge in [0.05, 0.1) is 5.25 Å². The van der Waals surface area contributed by atoms with E-state index in [1.165, 1.54) is 29.2 Å². The zero-order chi connectivity index (χ0) is 20.1. The van der Waals surface area contributed by atoms with Gasteiger partial charge in [-0.3, -0.25) is 14.5 Å². The number of nitrogens with zero attached hydrogens (tertiary/aromatic N) is 2. The van der Waals surface area contributed by atoms with E-state index in [0.717, 1.165) is 17.3 Å². The third-order valence-corrected chi connectivity index (χ3v) is 5.40. The summed E-state index contributed by atoms with van der Waals surface area (Å²) in [6.45, 7) is 2.07. The maximum Gasteiger partial charge on any atom is 0.264 e. The number of nitriles is 1. The molecular weight excluding hydrogens is 377 g/mol. The van der Waals surface area contributed by atoms with Crippen LogP contribution in [0.25, 0.3) is 0 Å². The number of anilines is 1. The lowest BCUT2D eigenvalue weighted by Crippen LogP contribution is -2.31. The number of halogens is 1. The smallest absolute Gasteiger partial charge is 0.264 e. The zero-order valence-corrected chi connectivity index (χ0v) is 16.0. The standard InChI is InChI=1S/C21H18FN3O2S/c1-14-20(27)25(17-9-7-16(22)8-10-17)21(28-14)18(13-23)19(26)24-12-11-15-5-3-2-4-6-15/h2-10,14H,11-12H2,1H3,(H,24,26). The molecule has 3 rings (SSSR count). The highest BCUT2D eigenvalue weighted by Gasteiger charge is 2.38. The number of benzene rings is 2. The molecule has 0 aliphatic carbocycles. The molecule has 0 spiro atoms. The SMILES string of the molecule is CC1SC(=C(C#N)C(=O)NCCc2ccccc2)N(c2ccc(F)cc2)C1=O. The maximum absolute atomic E-state index is 13.2. The van der Waals surface area contributed by atoms with Crippen LogP contribution in [0.3, 0.4) is 0 Å². The van der Waals surface area contributed by atoms with Crippen molar-refractivity contribution in [1.29, 1.82) is 5.26 Å². The number of rotatable bonds is 5. The van der Waals surface area contributed by atoms with Gasteiger partial charge in [-0.25, -0.2) is 4.39 Å². The summed E-state index contributed by atoms with van der Waals surface area (Å²) < 4.78 is 13.2. The Hall–Kier alpha value is -3.11. The molecule has 0 bridgehead atoms. The van der Waals surface area contributed by atoms with Gasteiger partial charge in [0.25, 0.3) is 5.91 Å². The molecule has 1 N–H and O–H groups in total. The average Bonchev–Trinajstić information content (AvgIpc) is 2.98. The molecule has 7 heteroatoms. The number of thioether (sulfide) groups is 1. The lowest BCUT2D eigenvalue weighted by Gasteiger charge is -2.18. The quantitative estimate of drug-likeness (QED) is 0.622. The van der Waals surface area contributed by atoms with E-state index < -0.39 is 17.0 Å². The lowest BCUT2D eigenvalue weighted by atomic mass is 10.1. The third kappa shape index (κ3) is 4.24. The molecule has 0 radical (unpaired) electrons. The Labute approximate surface area is 166 Å². The van der Waals surface area contributed by atoms with Gasteiger partial charge in [-0.05, 0) is 43.2 Å². The van der Waals surface area contributed by atoms with Gasteiger partial charge < -0.3 is 5.32 Å². The number of hydrogen-bond donors (Lipinski definition) is 1. The second kappa shape index (κ2) is 8.72. The predicted octanol–water partition coefficient (Wildman–Crippen LogP) is 3.39. The van der Waals surface area contributed by atoms with Crippen molar-refractivity contribution in [3.8, 4) is 6.07 Å². The van der Waals surface area contributed by atoms with Crippen LogP contribution in [0.4, 0.5) is 10.1 Å². The molecule has 28 heavy (non-hydrogen) atoms. The van der Waals surface area contributed by atoms with E-state index in [1.54, 1.807) is 6.92 Å². The minimum atomic E-state index is -0.532. The molecular formula is C21H18FN3O2S. The van der Waals surface area contributed by atoms with Crippen molar-refractivity contribution in [2.75, 3.05) is 11.4 Å². The fourth-order valence-corrected chi connectivity index (χ4v) is 3.91. The average molecular weight is 395 g/mol. The van der Waals surface area contributed by atoms with Gasteiger partial charge >= 0.3 is 0 Å². The van der Waals surface area contributed by atoms with Crippen molar-refractivity contribution in [1.82, 2.24) is 5.32 Å². The minimum absolute atomic E-state index is 0.125. The number of carbonyl (C=O) groups is 2. The molecule has 5 nitrogen and oxygen atoms in total. The third-order valence-electron chi connectivity index (χ3n) is 4.24. The molecule has 1 heterocycles. The normalized spacial score (nSPS) is 18.0. The number of hydrogen-bond acceptors (Lipinski definition) is 4. The summed E-state index contributed by atoms with van der Waals surface area (Å²) in [5, 5.41) is 12.1. The fourth-order valence-electron chi connectivity index (χ4n) is 2.81. The van der Waals surface area contributed by atoms with Gasteiger partial charge in [0.2, 0.25) is 5.91 Å². The van der Waals surface area contributed by atoms with Gasteiger partial charge in [-0.2, -0.15) is 5.26 Å². The second-order valence-corrected chi connectivity index (χ2v) is 7.52. The van der Waals surface area contributed by atoms with E-state index in [2.05, 4.69) is 5.32 Å². The van der Waals surface area contributed by atoms with E-state index in [9.17, 15) is 19.2 Å². The highest BCUT2D eigenvalue weighted by atomic mass is 32.2. The van der Waals surface area contributed by atoms with Gasteiger partial charge in [0.1, 0.15) is 22.5 Å². The Morgan fingerprint density at radius 1 is 1.21 bits per heavy atom. The Balaban J connectivity index is 1.82. The van der Waals surface area contributed by atoms with E-state index in [0.29, 0.717) is 18.7 Å². The molecule has 2 aromatic rings. The summed E-state index contributed by atoms with van der Waals surface area (Å²) in [4.78, 5) is 26.5. The summed E-state index contributed by atoms with van der Waals surface area (Å²) >= 11 is 1.15. The molecule has 2 amide bonds. The molecule has 1 atom stereocenters. The van der Waals surface area contributed by atoms with E-state index in [4.69, 9.17) is 0 Å². The van der Waals surface area contributed by atoms with Crippen molar-refractivity contribution in [3.05, 3.63) is 76.6 Å². The van der Waals surface area contributed by atoms with Crippen LogP contribution in [0, 0.1) is 17.1 Å². The van der Waals surface area contributed by atoms with E-state index in [-0.39, 0.29) is 16.5 Å². The lowest BCUT2D eigenvalue weighted by molar-refractivity contribution is -0.117. The van der Waals surface area contributed by atoms with Crippen LogP contribution < -0.4 is 10.2 Å². The molecule has 142 valence electrons. The summed E-state index contributed by atoms with van der Waals surface area (Å²) in [7, 11) is 0. The molecule has 1 aliphatic rings. The predicted molar refractivity (Wildman–Crippen MR) is 107 cm³/mol.